The lowest BCUT2D eigenvalue weighted by molar-refractivity contribution is 1.09. The van der Waals surface area contributed by atoms with E-state index in [-0.39, 0.29) is 0 Å². The highest BCUT2D eigenvalue weighted by Crippen LogP contribution is 2.06. The molecule has 0 aromatic carbocycles. The molecule has 0 spiro atoms. The molecule has 1 atom stereocenters. The van der Waals surface area contributed by atoms with E-state index in [4.69, 9.17) is 0 Å². The Morgan fingerprint density at radius 1 is 1.33 bits per heavy atom. The van der Waals surface area contributed by atoms with Crippen LogP contribution in [0.2, 0.25) is 0 Å². The van der Waals surface area contributed by atoms with E-state index in [1.54, 1.807) is 0 Å². The van der Waals surface area contributed by atoms with E-state index in [2.05, 4.69) is 40.2 Å². The molecular formula is C8H13Br. The Bertz CT molecular complexity index is 103. The van der Waals surface area contributed by atoms with E-state index in [1.165, 1.54) is 0 Å². The van der Waals surface area contributed by atoms with Crippen LogP contribution in [0.15, 0.2) is 24.3 Å². The Morgan fingerprint density at radius 2 is 2.00 bits per heavy atom. The van der Waals surface area contributed by atoms with Gasteiger partial charge in [-0.25, -0.2) is 0 Å². The van der Waals surface area contributed by atoms with Gasteiger partial charge in [0.05, 0.1) is 0 Å². The average Bonchev–Trinajstić information content (AvgIpc) is 1.85. The zero-order valence-electron chi connectivity index (χ0n) is 5.97. The Morgan fingerprint density at radius 3 is 2.44 bits per heavy atom. The van der Waals surface area contributed by atoms with Gasteiger partial charge < -0.3 is 0 Å². The fourth-order valence-corrected chi connectivity index (χ4v) is 1.07. The maximum Gasteiger partial charge on any atom is 0.0359 e. The molecule has 0 rings (SSSR count). The molecule has 0 saturated heterocycles. The molecule has 0 aliphatic carbocycles. The first-order valence-electron chi connectivity index (χ1n) is 3.19. The number of hydrogen-bond acceptors (Lipinski definition) is 0. The Labute approximate surface area is 65.8 Å². The van der Waals surface area contributed by atoms with E-state index in [0.29, 0.717) is 4.83 Å². The first-order valence-corrected chi connectivity index (χ1v) is 4.11. The fourth-order valence-electron chi connectivity index (χ4n) is 0.553. The van der Waals surface area contributed by atoms with Gasteiger partial charge >= 0.3 is 0 Å². The Balaban J connectivity index is 3.37. The van der Waals surface area contributed by atoms with E-state index in [0.717, 1.165) is 6.42 Å². The molecule has 0 heterocycles. The molecule has 9 heavy (non-hydrogen) atoms. The standard InChI is InChI=1S/C8H13Br/c1-3-5-7-8(9)6-4-2/h3-6,8H,7H2,1-2H3/b5-3+,6-4-. The molecule has 0 aliphatic rings. The van der Waals surface area contributed by atoms with Crippen LogP contribution in [0.4, 0.5) is 0 Å². The van der Waals surface area contributed by atoms with Crippen molar-refractivity contribution in [1.29, 1.82) is 0 Å². The summed E-state index contributed by atoms with van der Waals surface area (Å²) < 4.78 is 0. The number of rotatable bonds is 3. The monoisotopic (exact) mass is 188 g/mol. The van der Waals surface area contributed by atoms with E-state index < -0.39 is 0 Å². The molecule has 0 saturated carbocycles. The minimum absolute atomic E-state index is 0.513. The lowest BCUT2D eigenvalue weighted by atomic mass is 10.3. The van der Waals surface area contributed by atoms with Crippen LogP contribution in [0.5, 0.6) is 0 Å². The van der Waals surface area contributed by atoms with Crippen molar-refractivity contribution in [2.75, 3.05) is 0 Å². The highest BCUT2D eigenvalue weighted by Gasteiger charge is 1.91. The predicted molar refractivity (Wildman–Crippen MR) is 47.0 cm³/mol. The van der Waals surface area contributed by atoms with Gasteiger partial charge in [-0.05, 0) is 20.3 Å². The Kier molecular flexibility index (Phi) is 6.06. The summed E-state index contributed by atoms with van der Waals surface area (Å²) in [7, 11) is 0. The molecule has 1 unspecified atom stereocenters. The summed E-state index contributed by atoms with van der Waals surface area (Å²) in [6.45, 7) is 4.07. The van der Waals surface area contributed by atoms with Crippen molar-refractivity contribution >= 4 is 15.9 Å². The van der Waals surface area contributed by atoms with Crippen molar-refractivity contribution < 1.29 is 0 Å². The summed E-state index contributed by atoms with van der Waals surface area (Å²) in [4.78, 5) is 0.513. The minimum atomic E-state index is 0.513. The van der Waals surface area contributed by atoms with Gasteiger partial charge in [-0.2, -0.15) is 0 Å². The number of halogens is 1. The van der Waals surface area contributed by atoms with Gasteiger partial charge in [0, 0.05) is 4.83 Å². The second-order valence-corrected chi connectivity index (χ2v) is 3.02. The fraction of sp³-hybridized carbons (Fsp3) is 0.500. The minimum Gasteiger partial charge on any atom is -0.0916 e. The highest BCUT2D eigenvalue weighted by molar-refractivity contribution is 9.09. The number of alkyl halides is 1. The van der Waals surface area contributed by atoms with Crippen LogP contribution in [0, 0.1) is 0 Å². The smallest absolute Gasteiger partial charge is 0.0359 e. The van der Waals surface area contributed by atoms with Gasteiger partial charge in [0.15, 0.2) is 0 Å². The van der Waals surface area contributed by atoms with Crippen LogP contribution in [0.25, 0.3) is 0 Å². The van der Waals surface area contributed by atoms with Crippen molar-refractivity contribution in [2.24, 2.45) is 0 Å². The molecule has 0 N–H and O–H groups in total. The van der Waals surface area contributed by atoms with Crippen LogP contribution >= 0.6 is 15.9 Å². The zero-order chi connectivity index (χ0) is 7.11. The maximum absolute atomic E-state index is 3.50. The van der Waals surface area contributed by atoms with Gasteiger partial charge in [-0.1, -0.05) is 40.2 Å². The van der Waals surface area contributed by atoms with E-state index in [9.17, 15) is 0 Å². The molecule has 0 aromatic heterocycles. The molecule has 0 aromatic rings. The second kappa shape index (κ2) is 6.09. The molecule has 1 heteroatoms. The van der Waals surface area contributed by atoms with Crippen LogP contribution in [-0.4, -0.2) is 4.83 Å². The highest BCUT2D eigenvalue weighted by atomic mass is 79.9. The van der Waals surface area contributed by atoms with Crippen molar-refractivity contribution in [2.45, 2.75) is 25.1 Å². The van der Waals surface area contributed by atoms with E-state index >= 15 is 0 Å². The SMILES string of the molecule is C/C=C\C(Br)C/C=C/C. The van der Waals surface area contributed by atoms with Crippen molar-refractivity contribution in [3.63, 3.8) is 0 Å². The summed E-state index contributed by atoms with van der Waals surface area (Å²) in [5, 5.41) is 0. The van der Waals surface area contributed by atoms with Crippen LogP contribution < -0.4 is 0 Å². The third-order valence-electron chi connectivity index (χ3n) is 0.998. The average molecular weight is 189 g/mol. The molecule has 0 bridgehead atoms. The molecule has 52 valence electrons. The van der Waals surface area contributed by atoms with Gasteiger partial charge in [0.1, 0.15) is 0 Å². The molecule has 0 fully saturated rings. The topological polar surface area (TPSA) is 0 Å². The molecule has 0 amide bonds. The Hall–Kier alpha value is -0.0400. The summed E-state index contributed by atoms with van der Waals surface area (Å²) in [6.07, 6.45) is 9.50. The largest absolute Gasteiger partial charge is 0.0916 e. The summed E-state index contributed by atoms with van der Waals surface area (Å²) in [6, 6.07) is 0. The van der Waals surface area contributed by atoms with Crippen LogP contribution in [0.1, 0.15) is 20.3 Å². The van der Waals surface area contributed by atoms with Crippen molar-refractivity contribution in [1.82, 2.24) is 0 Å². The third kappa shape index (κ3) is 5.84. The van der Waals surface area contributed by atoms with E-state index in [1.807, 2.05) is 13.8 Å². The van der Waals surface area contributed by atoms with Crippen LogP contribution in [-0.2, 0) is 0 Å². The van der Waals surface area contributed by atoms with Gasteiger partial charge in [-0.15, -0.1) is 0 Å². The van der Waals surface area contributed by atoms with Gasteiger partial charge in [0.25, 0.3) is 0 Å². The molecular weight excluding hydrogens is 176 g/mol. The number of hydrogen-bond donors (Lipinski definition) is 0. The maximum atomic E-state index is 3.50. The second-order valence-electron chi connectivity index (χ2n) is 1.85. The zero-order valence-corrected chi connectivity index (χ0v) is 7.56. The van der Waals surface area contributed by atoms with Gasteiger partial charge in [0.2, 0.25) is 0 Å². The first-order chi connectivity index (χ1) is 4.31. The summed E-state index contributed by atoms with van der Waals surface area (Å²) in [5.74, 6) is 0. The van der Waals surface area contributed by atoms with Crippen molar-refractivity contribution in [3.8, 4) is 0 Å². The predicted octanol–water partition coefficient (Wildman–Crippen LogP) is 3.29. The summed E-state index contributed by atoms with van der Waals surface area (Å²) in [5.41, 5.74) is 0. The van der Waals surface area contributed by atoms with Gasteiger partial charge in [-0.3, -0.25) is 0 Å². The third-order valence-corrected chi connectivity index (χ3v) is 1.68. The van der Waals surface area contributed by atoms with Crippen molar-refractivity contribution in [3.05, 3.63) is 24.3 Å². The molecule has 0 nitrogen and oxygen atoms in total. The lowest BCUT2D eigenvalue weighted by Gasteiger charge is -1.95. The summed E-state index contributed by atoms with van der Waals surface area (Å²) >= 11 is 3.50. The normalized spacial score (nSPS) is 15.4. The lowest BCUT2D eigenvalue weighted by Crippen LogP contribution is -1.87. The van der Waals surface area contributed by atoms with Crippen LogP contribution in [0.3, 0.4) is 0 Å². The number of allylic oxidation sites excluding steroid dienone is 4. The molecule has 0 radical (unpaired) electrons. The first kappa shape index (κ1) is 8.96. The quantitative estimate of drug-likeness (QED) is 0.472. The molecule has 0 aliphatic heterocycles.